The molecule has 1 aromatic heterocycles. The van der Waals surface area contributed by atoms with Gasteiger partial charge in [-0.25, -0.2) is 0 Å². The molecule has 0 aromatic carbocycles. The first-order valence-electron chi connectivity index (χ1n) is 5.70. The van der Waals surface area contributed by atoms with E-state index in [1.54, 1.807) is 0 Å². The minimum Gasteiger partial charge on any atom is -0.406 e. The average molecular weight is 226 g/mol. The summed E-state index contributed by atoms with van der Waals surface area (Å²) in [5.41, 5.74) is 0. The summed E-state index contributed by atoms with van der Waals surface area (Å²) >= 11 is 0. The molecule has 2 rings (SSSR count). The molecule has 1 aliphatic heterocycles. The highest BCUT2D eigenvalue weighted by Crippen LogP contribution is 2.17. The summed E-state index contributed by atoms with van der Waals surface area (Å²) in [5.74, 6) is 0.642. The Kier molecular flexibility index (Phi) is 3.74. The predicted molar refractivity (Wildman–Crippen MR) is 59.4 cm³/mol. The lowest BCUT2D eigenvalue weighted by Gasteiger charge is -2.24. The van der Waals surface area contributed by atoms with Gasteiger partial charge in [-0.2, -0.15) is 0 Å². The van der Waals surface area contributed by atoms with E-state index in [0.717, 1.165) is 32.8 Å². The highest BCUT2D eigenvalue weighted by molar-refractivity contribution is 5.24. The zero-order chi connectivity index (χ0) is 11.4. The summed E-state index contributed by atoms with van der Waals surface area (Å²) in [6.45, 7) is 8.03. The smallest absolute Gasteiger partial charge is 0.318 e. The molecule has 0 bridgehead atoms. The number of aromatic nitrogens is 2. The number of nitrogens with zero attached hydrogens (tertiary/aromatic N) is 3. The van der Waals surface area contributed by atoms with Gasteiger partial charge >= 0.3 is 6.01 Å². The van der Waals surface area contributed by atoms with E-state index in [2.05, 4.69) is 27.3 Å². The first kappa shape index (κ1) is 11.3. The van der Waals surface area contributed by atoms with Crippen molar-refractivity contribution in [1.29, 1.82) is 0 Å². The molecule has 2 heterocycles. The van der Waals surface area contributed by atoms with Gasteiger partial charge in [-0.1, -0.05) is 12.0 Å². The van der Waals surface area contributed by atoms with Crippen molar-refractivity contribution in [3.63, 3.8) is 0 Å². The van der Waals surface area contributed by atoms with Gasteiger partial charge in [0.25, 0.3) is 0 Å². The maximum Gasteiger partial charge on any atom is 0.318 e. The van der Waals surface area contributed by atoms with Crippen LogP contribution in [-0.4, -0.2) is 43.0 Å². The van der Waals surface area contributed by atoms with Crippen LogP contribution in [0.2, 0.25) is 0 Å². The third-order valence-corrected chi connectivity index (χ3v) is 2.59. The molecule has 1 aliphatic rings. The van der Waals surface area contributed by atoms with Crippen molar-refractivity contribution in [1.82, 2.24) is 15.5 Å². The minimum absolute atomic E-state index is 0.104. The summed E-state index contributed by atoms with van der Waals surface area (Å²) < 4.78 is 10.9. The van der Waals surface area contributed by atoms with Crippen LogP contribution in [0.3, 0.4) is 0 Å². The van der Waals surface area contributed by atoms with E-state index < -0.39 is 0 Å². The van der Waals surface area contributed by atoms with E-state index in [9.17, 15) is 0 Å². The zero-order valence-corrected chi connectivity index (χ0v) is 9.77. The molecule has 1 atom stereocenters. The minimum atomic E-state index is 0.104. The fourth-order valence-electron chi connectivity index (χ4n) is 1.68. The lowest BCUT2D eigenvalue weighted by atomic mass is 10.3. The van der Waals surface area contributed by atoms with Crippen molar-refractivity contribution in [3.8, 4) is 0 Å². The van der Waals surface area contributed by atoms with Gasteiger partial charge < -0.3 is 19.4 Å². The van der Waals surface area contributed by atoms with Gasteiger partial charge in [-0.3, -0.25) is 0 Å². The Bertz CT molecular complexity index is 322. The van der Waals surface area contributed by atoms with Crippen molar-refractivity contribution in [3.05, 3.63) is 5.89 Å². The SMILES string of the molecule is CCNC(C)c1nnc(N2CCOCC2)o1. The number of rotatable bonds is 4. The van der Waals surface area contributed by atoms with E-state index in [1.165, 1.54) is 0 Å². The highest BCUT2D eigenvalue weighted by Gasteiger charge is 2.19. The number of hydrogen-bond donors (Lipinski definition) is 1. The van der Waals surface area contributed by atoms with Crippen molar-refractivity contribution >= 4 is 6.01 Å². The molecule has 1 unspecified atom stereocenters. The van der Waals surface area contributed by atoms with Crippen LogP contribution in [-0.2, 0) is 4.74 Å². The lowest BCUT2D eigenvalue weighted by Crippen LogP contribution is -2.36. The molecule has 0 aliphatic carbocycles. The first-order chi connectivity index (χ1) is 7.81. The molecule has 90 valence electrons. The van der Waals surface area contributed by atoms with Gasteiger partial charge in [0.1, 0.15) is 0 Å². The van der Waals surface area contributed by atoms with Crippen LogP contribution >= 0.6 is 0 Å². The Morgan fingerprint density at radius 2 is 2.12 bits per heavy atom. The topological polar surface area (TPSA) is 63.4 Å². The van der Waals surface area contributed by atoms with Crippen LogP contribution in [0.1, 0.15) is 25.8 Å². The third kappa shape index (κ3) is 2.51. The van der Waals surface area contributed by atoms with Crippen molar-refractivity contribution in [2.45, 2.75) is 19.9 Å². The van der Waals surface area contributed by atoms with E-state index in [1.807, 2.05) is 6.92 Å². The van der Waals surface area contributed by atoms with Crippen LogP contribution in [0.5, 0.6) is 0 Å². The number of nitrogens with one attached hydrogen (secondary N) is 1. The second-order valence-electron chi connectivity index (χ2n) is 3.80. The van der Waals surface area contributed by atoms with Crippen LogP contribution in [0, 0.1) is 0 Å². The monoisotopic (exact) mass is 226 g/mol. The molecule has 6 heteroatoms. The van der Waals surface area contributed by atoms with Gasteiger partial charge in [0.15, 0.2) is 0 Å². The Hall–Kier alpha value is -1.14. The van der Waals surface area contributed by atoms with Crippen molar-refractivity contribution in [2.24, 2.45) is 0 Å². The van der Waals surface area contributed by atoms with E-state index in [4.69, 9.17) is 9.15 Å². The fourth-order valence-corrected chi connectivity index (χ4v) is 1.68. The normalized spacial score (nSPS) is 18.8. The highest BCUT2D eigenvalue weighted by atomic mass is 16.5. The van der Waals surface area contributed by atoms with Gasteiger partial charge in [-0.05, 0) is 13.5 Å². The van der Waals surface area contributed by atoms with E-state index in [0.29, 0.717) is 11.9 Å². The second kappa shape index (κ2) is 5.27. The molecule has 1 aromatic rings. The van der Waals surface area contributed by atoms with E-state index >= 15 is 0 Å². The number of morpholine rings is 1. The molecule has 6 nitrogen and oxygen atoms in total. The second-order valence-corrected chi connectivity index (χ2v) is 3.80. The first-order valence-corrected chi connectivity index (χ1v) is 5.70. The molecule has 0 spiro atoms. The summed E-state index contributed by atoms with van der Waals surface area (Å²) in [4.78, 5) is 2.05. The molecule has 0 amide bonds. The van der Waals surface area contributed by atoms with Crippen LogP contribution in [0.4, 0.5) is 6.01 Å². The number of ether oxygens (including phenoxy) is 1. The molecular weight excluding hydrogens is 208 g/mol. The van der Waals surface area contributed by atoms with E-state index in [-0.39, 0.29) is 6.04 Å². The third-order valence-electron chi connectivity index (χ3n) is 2.59. The summed E-state index contributed by atoms with van der Waals surface area (Å²) in [6, 6.07) is 0.704. The fraction of sp³-hybridized carbons (Fsp3) is 0.800. The van der Waals surface area contributed by atoms with Crippen molar-refractivity contribution < 1.29 is 9.15 Å². The largest absolute Gasteiger partial charge is 0.406 e. The molecule has 0 saturated carbocycles. The van der Waals surface area contributed by atoms with Crippen LogP contribution in [0.15, 0.2) is 4.42 Å². The van der Waals surface area contributed by atoms with Gasteiger partial charge in [0.2, 0.25) is 5.89 Å². The number of anilines is 1. The quantitative estimate of drug-likeness (QED) is 0.810. The lowest BCUT2D eigenvalue weighted by molar-refractivity contribution is 0.120. The maximum absolute atomic E-state index is 5.62. The Morgan fingerprint density at radius 3 is 2.81 bits per heavy atom. The molecule has 0 radical (unpaired) electrons. The Labute approximate surface area is 95.0 Å². The predicted octanol–water partition coefficient (Wildman–Crippen LogP) is 0.577. The van der Waals surface area contributed by atoms with Crippen LogP contribution < -0.4 is 10.2 Å². The summed E-state index contributed by atoms with van der Waals surface area (Å²) in [6.07, 6.45) is 0. The van der Waals surface area contributed by atoms with Crippen molar-refractivity contribution in [2.75, 3.05) is 37.7 Å². The summed E-state index contributed by atoms with van der Waals surface area (Å²) in [7, 11) is 0. The molecule has 1 N–H and O–H groups in total. The number of hydrogen-bond acceptors (Lipinski definition) is 6. The maximum atomic E-state index is 5.62. The van der Waals surface area contributed by atoms with Gasteiger partial charge in [0.05, 0.1) is 19.3 Å². The zero-order valence-electron chi connectivity index (χ0n) is 9.77. The standard InChI is InChI=1S/C10H18N4O2/c1-3-11-8(2)9-12-13-10(16-9)14-4-6-15-7-5-14/h8,11H,3-7H2,1-2H3. The average Bonchev–Trinajstić information content (AvgIpc) is 2.80. The van der Waals surface area contributed by atoms with Gasteiger partial charge in [-0.15, -0.1) is 5.10 Å². The van der Waals surface area contributed by atoms with Gasteiger partial charge in [0, 0.05) is 13.1 Å². The summed E-state index contributed by atoms with van der Waals surface area (Å²) in [5, 5.41) is 11.3. The molecule has 1 fully saturated rings. The molecular formula is C10H18N4O2. The Morgan fingerprint density at radius 1 is 1.38 bits per heavy atom. The molecule has 1 saturated heterocycles. The molecule has 16 heavy (non-hydrogen) atoms. The Balaban J connectivity index is 2.00. The van der Waals surface area contributed by atoms with Crippen LogP contribution in [0.25, 0.3) is 0 Å².